The van der Waals surface area contributed by atoms with Crippen molar-refractivity contribution in [3.8, 4) is 0 Å². The van der Waals surface area contributed by atoms with E-state index in [0.717, 1.165) is 36.2 Å². The summed E-state index contributed by atoms with van der Waals surface area (Å²) in [6.45, 7) is 6.45. The SMILES string of the molecule is CC(=O)Nc1sc2c(c1C(=O)NCCC(C)C)CCCC2. The highest BCUT2D eigenvalue weighted by Crippen LogP contribution is 2.38. The molecule has 0 radical (unpaired) electrons. The van der Waals surface area contributed by atoms with Crippen molar-refractivity contribution in [3.05, 3.63) is 16.0 Å². The maximum absolute atomic E-state index is 12.5. The standard InChI is InChI=1S/C16H24N2O2S/c1-10(2)8-9-17-15(20)14-12-6-4-5-7-13(12)21-16(14)18-11(3)19/h10H,4-9H2,1-3H3,(H,17,20)(H,18,19). The maximum Gasteiger partial charge on any atom is 0.254 e. The zero-order valence-corrected chi connectivity index (χ0v) is 13.9. The van der Waals surface area contributed by atoms with Gasteiger partial charge in [0.1, 0.15) is 5.00 Å². The van der Waals surface area contributed by atoms with Crippen molar-refractivity contribution in [2.45, 2.75) is 52.9 Å². The fourth-order valence-corrected chi connectivity index (χ4v) is 3.95. The Morgan fingerprint density at radius 2 is 1.95 bits per heavy atom. The van der Waals surface area contributed by atoms with Gasteiger partial charge in [-0.05, 0) is 43.6 Å². The first-order valence-electron chi connectivity index (χ1n) is 7.69. The minimum absolute atomic E-state index is 0.0428. The van der Waals surface area contributed by atoms with E-state index < -0.39 is 0 Å². The molecule has 0 spiro atoms. The molecule has 5 heteroatoms. The molecule has 2 N–H and O–H groups in total. The normalized spacial score (nSPS) is 13.9. The van der Waals surface area contributed by atoms with Gasteiger partial charge < -0.3 is 10.6 Å². The van der Waals surface area contributed by atoms with Gasteiger partial charge in [-0.3, -0.25) is 9.59 Å². The predicted molar refractivity (Wildman–Crippen MR) is 87.1 cm³/mol. The molecule has 0 aromatic carbocycles. The summed E-state index contributed by atoms with van der Waals surface area (Å²) in [6, 6.07) is 0. The summed E-state index contributed by atoms with van der Waals surface area (Å²) in [4.78, 5) is 25.1. The molecule has 0 aliphatic heterocycles. The maximum atomic E-state index is 12.5. The smallest absolute Gasteiger partial charge is 0.254 e. The summed E-state index contributed by atoms with van der Waals surface area (Å²) in [5.41, 5.74) is 1.85. The van der Waals surface area contributed by atoms with Crippen molar-refractivity contribution in [1.29, 1.82) is 0 Å². The number of carbonyl (C=O) groups is 2. The molecular formula is C16H24N2O2S. The van der Waals surface area contributed by atoms with E-state index in [0.29, 0.717) is 18.0 Å². The molecule has 2 amide bonds. The third-order valence-electron chi connectivity index (χ3n) is 3.70. The molecule has 0 fully saturated rings. The van der Waals surface area contributed by atoms with Gasteiger partial charge in [0, 0.05) is 18.3 Å². The fraction of sp³-hybridized carbons (Fsp3) is 0.625. The lowest BCUT2D eigenvalue weighted by Crippen LogP contribution is -2.27. The molecule has 1 aliphatic carbocycles. The van der Waals surface area contributed by atoms with E-state index in [1.54, 1.807) is 11.3 Å². The second-order valence-corrected chi connectivity index (χ2v) is 7.14. The van der Waals surface area contributed by atoms with Crippen molar-refractivity contribution in [2.24, 2.45) is 5.92 Å². The van der Waals surface area contributed by atoms with E-state index in [4.69, 9.17) is 0 Å². The summed E-state index contributed by atoms with van der Waals surface area (Å²) in [5, 5.41) is 6.54. The molecule has 2 rings (SSSR count). The Morgan fingerprint density at radius 1 is 1.24 bits per heavy atom. The van der Waals surface area contributed by atoms with E-state index >= 15 is 0 Å². The number of aryl methyl sites for hydroxylation is 1. The van der Waals surface area contributed by atoms with Crippen LogP contribution in [0, 0.1) is 5.92 Å². The van der Waals surface area contributed by atoms with Crippen molar-refractivity contribution in [1.82, 2.24) is 5.32 Å². The van der Waals surface area contributed by atoms with E-state index in [9.17, 15) is 9.59 Å². The van der Waals surface area contributed by atoms with Gasteiger partial charge in [0.2, 0.25) is 5.91 Å². The third kappa shape index (κ3) is 4.06. The van der Waals surface area contributed by atoms with Crippen molar-refractivity contribution in [3.63, 3.8) is 0 Å². The van der Waals surface area contributed by atoms with Crippen LogP contribution in [0.2, 0.25) is 0 Å². The van der Waals surface area contributed by atoms with Crippen LogP contribution in [0.25, 0.3) is 0 Å². The number of fused-ring (bicyclic) bond motifs is 1. The zero-order valence-electron chi connectivity index (χ0n) is 13.0. The van der Waals surface area contributed by atoms with Gasteiger partial charge in [-0.25, -0.2) is 0 Å². The monoisotopic (exact) mass is 308 g/mol. The van der Waals surface area contributed by atoms with Gasteiger partial charge in [-0.2, -0.15) is 0 Å². The third-order valence-corrected chi connectivity index (χ3v) is 4.90. The Labute approximate surface area is 130 Å². The molecule has 116 valence electrons. The largest absolute Gasteiger partial charge is 0.352 e. The van der Waals surface area contributed by atoms with Crippen LogP contribution in [-0.2, 0) is 17.6 Å². The Hall–Kier alpha value is -1.36. The Kier molecular flexibility index (Phi) is 5.39. The summed E-state index contributed by atoms with van der Waals surface area (Å²) in [7, 11) is 0. The van der Waals surface area contributed by atoms with Gasteiger partial charge >= 0.3 is 0 Å². The molecule has 1 aromatic rings. The molecule has 0 bridgehead atoms. The molecule has 0 atom stereocenters. The lowest BCUT2D eigenvalue weighted by molar-refractivity contribution is -0.114. The van der Waals surface area contributed by atoms with Crippen LogP contribution in [0.15, 0.2) is 0 Å². The lowest BCUT2D eigenvalue weighted by atomic mass is 9.95. The minimum atomic E-state index is -0.121. The first-order chi connectivity index (χ1) is 9.99. The van der Waals surface area contributed by atoms with E-state index in [-0.39, 0.29) is 11.8 Å². The number of carbonyl (C=O) groups excluding carboxylic acids is 2. The Morgan fingerprint density at radius 3 is 2.62 bits per heavy atom. The molecule has 1 aliphatic rings. The second kappa shape index (κ2) is 7.07. The Bertz CT molecular complexity index is 535. The summed E-state index contributed by atoms with van der Waals surface area (Å²) >= 11 is 1.57. The molecule has 1 heterocycles. The first-order valence-corrected chi connectivity index (χ1v) is 8.51. The molecule has 0 saturated carbocycles. The zero-order chi connectivity index (χ0) is 15.4. The fourth-order valence-electron chi connectivity index (χ4n) is 2.62. The number of anilines is 1. The molecule has 21 heavy (non-hydrogen) atoms. The number of hydrogen-bond acceptors (Lipinski definition) is 3. The lowest BCUT2D eigenvalue weighted by Gasteiger charge is -2.13. The average molecular weight is 308 g/mol. The molecule has 1 aromatic heterocycles. The summed E-state index contributed by atoms with van der Waals surface area (Å²) < 4.78 is 0. The van der Waals surface area contributed by atoms with Gasteiger partial charge in [-0.1, -0.05) is 13.8 Å². The van der Waals surface area contributed by atoms with Gasteiger partial charge in [0.25, 0.3) is 5.91 Å². The van der Waals surface area contributed by atoms with Crippen LogP contribution >= 0.6 is 11.3 Å². The quantitative estimate of drug-likeness (QED) is 0.876. The molecular weight excluding hydrogens is 284 g/mol. The van der Waals surface area contributed by atoms with Gasteiger partial charge in [0.15, 0.2) is 0 Å². The first kappa shape index (κ1) is 16.0. The van der Waals surface area contributed by atoms with Crippen LogP contribution in [0.4, 0.5) is 5.00 Å². The molecule has 0 saturated heterocycles. The highest BCUT2D eigenvalue weighted by atomic mass is 32.1. The number of hydrogen-bond donors (Lipinski definition) is 2. The van der Waals surface area contributed by atoms with Crippen LogP contribution in [-0.4, -0.2) is 18.4 Å². The predicted octanol–water partition coefficient (Wildman–Crippen LogP) is 3.36. The summed E-state index contributed by atoms with van der Waals surface area (Å²) in [5.74, 6) is 0.403. The molecule has 0 unspecified atom stereocenters. The van der Waals surface area contributed by atoms with Crippen LogP contribution in [0.3, 0.4) is 0 Å². The van der Waals surface area contributed by atoms with E-state index in [1.165, 1.54) is 18.2 Å². The average Bonchev–Trinajstić information content (AvgIpc) is 2.74. The van der Waals surface area contributed by atoms with Crippen molar-refractivity contribution in [2.75, 3.05) is 11.9 Å². The number of nitrogens with one attached hydrogen (secondary N) is 2. The highest BCUT2D eigenvalue weighted by Gasteiger charge is 2.25. The van der Waals surface area contributed by atoms with Gasteiger partial charge in [0.05, 0.1) is 5.56 Å². The highest BCUT2D eigenvalue weighted by molar-refractivity contribution is 7.17. The van der Waals surface area contributed by atoms with Crippen LogP contribution < -0.4 is 10.6 Å². The van der Waals surface area contributed by atoms with E-state index in [2.05, 4.69) is 24.5 Å². The topological polar surface area (TPSA) is 58.2 Å². The Balaban J connectivity index is 2.20. The number of rotatable bonds is 5. The summed E-state index contributed by atoms with van der Waals surface area (Å²) in [6.07, 6.45) is 5.22. The van der Waals surface area contributed by atoms with Crippen LogP contribution in [0.5, 0.6) is 0 Å². The van der Waals surface area contributed by atoms with Crippen molar-refractivity contribution >= 4 is 28.2 Å². The minimum Gasteiger partial charge on any atom is -0.352 e. The van der Waals surface area contributed by atoms with Crippen LogP contribution in [0.1, 0.15) is 60.8 Å². The molecule has 4 nitrogen and oxygen atoms in total. The number of thiophene rings is 1. The van der Waals surface area contributed by atoms with Crippen molar-refractivity contribution < 1.29 is 9.59 Å². The number of amides is 2. The van der Waals surface area contributed by atoms with Gasteiger partial charge in [-0.15, -0.1) is 11.3 Å². The van der Waals surface area contributed by atoms with E-state index in [1.807, 2.05) is 0 Å². The second-order valence-electron chi connectivity index (χ2n) is 6.03.